The molecular weight excluding hydrogens is 403 g/mol. The second kappa shape index (κ2) is 5.47. The van der Waals surface area contributed by atoms with Crippen molar-refractivity contribution in [3.63, 3.8) is 0 Å². The lowest BCUT2D eigenvalue weighted by Crippen LogP contribution is -2.14. The first-order valence-electron chi connectivity index (χ1n) is 4.94. The first kappa shape index (κ1) is 14.3. The topological polar surface area (TPSA) is 98.0 Å². The molecule has 0 amide bonds. The average molecular weight is 411 g/mol. The normalized spacial score (nSPS) is 11.3. The lowest BCUT2D eigenvalue weighted by atomic mass is 10.3. The lowest BCUT2D eigenvalue weighted by Gasteiger charge is -2.09. The van der Waals surface area contributed by atoms with Gasteiger partial charge in [-0.05, 0) is 40.8 Å². The third-order valence-electron chi connectivity index (χ3n) is 2.13. The summed E-state index contributed by atoms with van der Waals surface area (Å²) in [7, 11) is -3.74. The molecule has 3 N–H and O–H groups in total. The molecule has 100 valence electrons. The van der Waals surface area contributed by atoms with E-state index >= 15 is 0 Å². The number of halogens is 2. The lowest BCUT2D eigenvalue weighted by molar-refractivity contribution is 0.600. The maximum atomic E-state index is 12.1. The molecule has 9 heteroatoms. The molecule has 0 spiro atoms. The van der Waals surface area contributed by atoms with Gasteiger partial charge in [0.15, 0.2) is 0 Å². The zero-order valence-electron chi connectivity index (χ0n) is 9.34. The van der Waals surface area contributed by atoms with Crippen LogP contribution in [0.3, 0.4) is 0 Å². The Balaban J connectivity index is 2.33. The molecule has 0 aliphatic heterocycles. The Hall–Kier alpha value is -1.13. The SMILES string of the molecule is Nc1ncc(S(=O)(=O)Nc2ccc(Cl)cc2I)cn1. The van der Waals surface area contributed by atoms with Gasteiger partial charge in [0.1, 0.15) is 4.90 Å². The van der Waals surface area contributed by atoms with E-state index in [0.29, 0.717) is 14.3 Å². The molecule has 0 saturated heterocycles. The van der Waals surface area contributed by atoms with Gasteiger partial charge in [0.2, 0.25) is 5.95 Å². The fraction of sp³-hybridized carbons (Fsp3) is 0. The Morgan fingerprint density at radius 3 is 2.47 bits per heavy atom. The number of rotatable bonds is 3. The number of sulfonamides is 1. The van der Waals surface area contributed by atoms with Crippen LogP contribution in [0, 0.1) is 3.57 Å². The average Bonchev–Trinajstić information content (AvgIpc) is 2.33. The van der Waals surface area contributed by atoms with Gasteiger partial charge in [-0.1, -0.05) is 11.6 Å². The van der Waals surface area contributed by atoms with Crippen molar-refractivity contribution in [2.45, 2.75) is 4.90 Å². The van der Waals surface area contributed by atoms with E-state index in [1.165, 1.54) is 0 Å². The zero-order valence-corrected chi connectivity index (χ0v) is 13.1. The fourth-order valence-electron chi connectivity index (χ4n) is 1.24. The molecule has 19 heavy (non-hydrogen) atoms. The third-order valence-corrected chi connectivity index (χ3v) is 4.58. The number of benzene rings is 1. The standard InChI is InChI=1S/C10H8ClIN4O2S/c11-6-1-2-9(8(12)3-6)16-19(17,18)7-4-14-10(13)15-5-7/h1-5,16H,(H2,13,14,15). The van der Waals surface area contributed by atoms with E-state index in [0.717, 1.165) is 12.4 Å². The zero-order chi connectivity index (χ0) is 14.0. The van der Waals surface area contributed by atoms with Crippen LogP contribution in [0.25, 0.3) is 0 Å². The summed E-state index contributed by atoms with van der Waals surface area (Å²) in [6.45, 7) is 0. The minimum absolute atomic E-state index is 0.0139. The van der Waals surface area contributed by atoms with Crippen molar-refractivity contribution in [1.29, 1.82) is 0 Å². The Morgan fingerprint density at radius 2 is 1.89 bits per heavy atom. The molecule has 2 rings (SSSR count). The van der Waals surface area contributed by atoms with E-state index in [2.05, 4.69) is 14.7 Å². The Morgan fingerprint density at radius 1 is 1.26 bits per heavy atom. The molecule has 0 aliphatic rings. The number of aromatic nitrogens is 2. The highest BCUT2D eigenvalue weighted by Crippen LogP contribution is 2.24. The Labute approximate surface area is 128 Å². The largest absolute Gasteiger partial charge is 0.368 e. The summed E-state index contributed by atoms with van der Waals surface area (Å²) in [5.74, 6) is 0.0139. The number of hydrogen-bond acceptors (Lipinski definition) is 5. The van der Waals surface area contributed by atoms with Crippen LogP contribution in [-0.4, -0.2) is 18.4 Å². The highest BCUT2D eigenvalue weighted by molar-refractivity contribution is 14.1. The molecule has 0 unspecified atom stereocenters. The molecule has 1 aromatic heterocycles. The predicted octanol–water partition coefficient (Wildman–Crippen LogP) is 2.12. The molecule has 0 bridgehead atoms. The molecule has 0 aliphatic carbocycles. The summed E-state index contributed by atoms with van der Waals surface area (Å²) in [6.07, 6.45) is 2.29. The van der Waals surface area contributed by atoms with Gasteiger partial charge in [-0.2, -0.15) is 0 Å². The summed E-state index contributed by atoms with van der Waals surface area (Å²) in [5, 5.41) is 0.531. The number of nitrogens with one attached hydrogen (secondary N) is 1. The van der Waals surface area contributed by atoms with E-state index in [1.54, 1.807) is 18.2 Å². The van der Waals surface area contributed by atoms with Crippen LogP contribution < -0.4 is 10.5 Å². The molecule has 0 saturated carbocycles. The molecule has 0 atom stereocenters. The van der Waals surface area contributed by atoms with Crippen molar-refractivity contribution in [2.75, 3.05) is 10.5 Å². The van der Waals surface area contributed by atoms with Crippen molar-refractivity contribution >= 4 is 55.9 Å². The van der Waals surface area contributed by atoms with Gasteiger partial charge in [0.25, 0.3) is 10.0 Å². The summed E-state index contributed by atoms with van der Waals surface area (Å²) in [5.41, 5.74) is 5.74. The molecule has 0 radical (unpaired) electrons. The Kier molecular flexibility index (Phi) is 4.11. The van der Waals surface area contributed by atoms with Crippen LogP contribution in [0.1, 0.15) is 0 Å². The molecule has 0 fully saturated rings. The Bertz CT molecular complexity index is 706. The highest BCUT2D eigenvalue weighted by Gasteiger charge is 2.16. The maximum Gasteiger partial charge on any atom is 0.265 e. The van der Waals surface area contributed by atoms with Gasteiger partial charge in [0.05, 0.1) is 18.1 Å². The van der Waals surface area contributed by atoms with Gasteiger partial charge in [-0.3, -0.25) is 4.72 Å². The second-order valence-corrected chi connectivity index (χ2v) is 6.79. The van der Waals surface area contributed by atoms with E-state index < -0.39 is 10.0 Å². The van der Waals surface area contributed by atoms with E-state index in [9.17, 15) is 8.42 Å². The predicted molar refractivity (Wildman–Crippen MR) is 81.4 cm³/mol. The minimum atomic E-state index is -3.74. The fourth-order valence-corrected chi connectivity index (χ4v) is 3.40. The van der Waals surface area contributed by atoms with Crippen LogP contribution in [0.5, 0.6) is 0 Å². The minimum Gasteiger partial charge on any atom is -0.368 e. The first-order chi connectivity index (χ1) is 8.88. The van der Waals surface area contributed by atoms with E-state index in [4.69, 9.17) is 17.3 Å². The molecule has 6 nitrogen and oxygen atoms in total. The molecule has 1 heterocycles. The summed E-state index contributed by atoms with van der Waals surface area (Å²) in [4.78, 5) is 7.23. The van der Waals surface area contributed by atoms with Crippen LogP contribution in [0.4, 0.5) is 11.6 Å². The number of nitrogen functional groups attached to an aromatic ring is 1. The quantitative estimate of drug-likeness (QED) is 0.755. The van der Waals surface area contributed by atoms with Crippen molar-refractivity contribution < 1.29 is 8.42 Å². The van der Waals surface area contributed by atoms with Crippen molar-refractivity contribution in [1.82, 2.24) is 9.97 Å². The smallest absolute Gasteiger partial charge is 0.265 e. The molecule has 2 aromatic rings. The first-order valence-corrected chi connectivity index (χ1v) is 7.88. The highest BCUT2D eigenvalue weighted by atomic mass is 127. The van der Waals surface area contributed by atoms with Crippen LogP contribution in [0.2, 0.25) is 5.02 Å². The number of anilines is 2. The van der Waals surface area contributed by atoms with Gasteiger partial charge in [-0.15, -0.1) is 0 Å². The van der Waals surface area contributed by atoms with Gasteiger partial charge in [0, 0.05) is 8.59 Å². The van der Waals surface area contributed by atoms with Crippen molar-refractivity contribution in [2.24, 2.45) is 0 Å². The summed E-state index contributed by atoms with van der Waals surface area (Å²) < 4.78 is 27.3. The van der Waals surface area contributed by atoms with Crippen LogP contribution >= 0.6 is 34.2 Å². The summed E-state index contributed by atoms with van der Waals surface area (Å²) >= 11 is 7.79. The van der Waals surface area contributed by atoms with Gasteiger partial charge in [-0.25, -0.2) is 18.4 Å². The number of hydrogen-bond donors (Lipinski definition) is 2. The molecular formula is C10H8ClIN4O2S. The third kappa shape index (κ3) is 3.45. The van der Waals surface area contributed by atoms with Gasteiger partial charge >= 0.3 is 0 Å². The van der Waals surface area contributed by atoms with Crippen LogP contribution in [0.15, 0.2) is 35.5 Å². The monoisotopic (exact) mass is 410 g/mol. The van der Waals surface area contributed by atoms with Crippen molar-refractivity contribution in [3.05, 3.63) is 39.2 Å². The van der Waals surface area contributed by atoms with Crippen LogP contribution in [-0.2, 0) is 10.0 Å². The maximum absolute atomic E-state index is 12.1. The number of nitrogens with zero attached hydrogens (tertiary/aromatic N) is 2. The molecule has 1 aromatic carbocycles. The second-order valence-electron chi connectivity index (χ2n) is 3.51. The van der Waals surface area contributed by atoms with E-state index in [-0.39, 0.29) is 10.8 Å². The van der Waals surface area contributed by atoms with E-state index in [1.807, 2.05) is 22.6 Å². The van der Waals surface area contributed by atoms with Crippen molar-refractivity contribution in [3.8, 4) is 0 Å². The summed E-state index contributed by atoms with van der Waals surface area (Å²) in [6, 6.07) is 4.83. The van der Waals surface area contributed by atoms with Gasteiger partial charge < -0.3 is 5.73 Å². The number of nitrogens with two attached hydrogens (primary N) is 1.